The second kappa shape index (κ2) is 7.15. The second-order valence-corrected chi connectivity index (χ2v) is 6.72. The first-order valence-electron chi connectivity index (χ1n) is 8.67. The standard InChI is InChI=1S/C17H25N5O2/c1-12(23)21-8-5-14(6-9-21)16(24)22-10-3-13(4-11-22)15-2-7-19-17(18)20-15/h2,7,13-14H,3-6,8-11H2,1H3,(H2,18,19,20). The Morgan fingerprint density at radius 1 is 1.08 bits per heavy atom. The lowest BCUT2D eigenvalue weighted by Gasteiger charge is -2.37. The molecule has 0 radical (unpaired) electrons. The Labute approximate surface area is 142 Å². The number of nitrogens with two attached hydrogens (primary N) is 1. The van der Waals surface area contributed by atoms with Crippen LogP contribution in [0.4, 0.5) is 5.95 Å². The third-order valence-corrected chi connectivity index (χ3v) is 5.21. The second-order valence-electron chi connectivity index (χ2n) is 6.72. The predicted molar refractivity (Wildman–Crippen MR) is 90.0 cm³/mol. The van der Waals surface area contributed by atoms with Crippen LogP contribution in [-0.2, 0) is 9.59 Å². The molecular weight excluding hydrogens is 306 g/mol. The molecule has 7 nitrogen and oxygen atoms in total. The molecule has 2 fully saturated rings. The zero-order valence-electron chi connectivity index (χ0n) is 14.1. The number of carbonyl (C=O) groups excluding carboxylic acids is 2. The van der Waals surface area contributed by atoms with Crippen molar-refractivity contribution < 1.29 is 9.59 Å². The number of amides is 2. The van der Waals surface area contributed by atoms with Crippen molar-refractivity contribution in [2.45, 2.75) is 38.5 Å². The molecule has 2 aliphatic heterocycles. The molecule has 0 aromatic carbocycles. The van der Waals surface area contributed by atoms with Gasteiger partial charge in [0, 0.05) is 56.8 Å². The van der Waals surface area contributed by atoms with E-state index < -0.39 is 0 Å². The van der Waals surface area contributed by atoms with Gasteiger partial charge in [0.25, 0.3) is 0 Å². The highest BCUT2D eigenvalue weighted by Gasteiger charge is 2.31. The van der Waals surface area contributed by atoms with Crippen molar-refractivity contribution in [3.8, 4) is 0 Å². The molecular formula is C17H25N5O2. The minimum atomic E-state index is 0.0619. The topological polar surface area (TPSA) is 92.4 Å². The van der Waals surface area contributed by atoms with E-state index in [9.17, 15) is 9.59 Å². The van der Waals surface area contributed by atoms with Gasteiger partial charge in [0.1, 0.15) is 0 Å². The molecule has 1 aromatic rings. The van der Waals surface area contributed by atoms with Crippen LogP contribution < -0.4 is 5.73 Å². The van der Waals surface area contributed by atoms with E-state index in [-0.39, 0.29) is 17.7 Å². The van der Waals surface area contributed by atoms with E-state index in [0.29, 0.717) is 25.0 Å². The number of aromatic nitrogens is 2. The number of rotatable bonds is 2. The van der Waals surface area contributed by atoms with Crippen molar-refractivity contribution in [2.75, 3.05) is 31.9 Å². The van der Waals surface area contributed by atoms with Crippen LogP contribution >= 0.6 is 0 Å². The first-order chi connectivity index (χ1) is 11.5. The summed E-state index contributed by atoms with van der Waals surface area (Å²) in [6.45, 7) is 4.51. The number of anilines is 1. The fourth-order valence-corrected chi connectivity index (χ4v) is 3.71. The Morgan fingerprint density at radius 2 is 1.71 bits per heavy atom. The number of likely N-dealkylation sites (tertiary alicyclic amines) is 2. The summed E-state index contributed by atoms with van der Waals surface area (Å²) >= 11 is 0. The summed E-state index contributed by atoms with van der Waals surface area (Å²) in [6, 6.07) is 1.91. The van der Waals surface area contributed by atoms with E-state index in [1.54, 1.807) is 13.1 Å². The molecule has 1 aromatic heterocycles. The van der Waals surface area contributed by atoms with Crippen molar-refractivity contribution in [3.05, 3.63) is 18.0 Å². The van der Waals surface area contributed by atoms with Gasteiger partial charge in [-0.1, -0.05) is 0 Å². The van der Waals surface area contributed by atoms with Crippen LogP contribution in [-0.4, -0.2) is 57.8 Å². The monoisotopic (exact) mass is 331 g/mol. The highest BCUT2D eigenvalue weighted by molar-refractivity contribution is 5.79. The smallest absolute Gasteiger partial charge is 0.225 e. The van der Waals surface area contributed by atoms with E-state index in [1.165, 1.54) is 0 Å². The van der Waals surface area contributed by atoms with Crippen LogP contribution in [0.3, 0.4) is 0 Å². The number of hydrogen-bond acceptors (Lipinski definition) is 5. The molecule has 0 unspecified atom stereocenters. The van der Waals surface area contributed by atoms with Gasteiger partial charge in [0.2, 0.25) is 17.8 Å². The van der Waals surface area contributed by atoms with Crippen LogP contribution in [0.1, 0.15) is 44.2 Å². The van der Waals surface area contributed by atoms with Gasteiger partial charge in [-0.05, 0) is 31.7 Å². The van der Waals surface area contributed by atoms with Gasteiger partial charge >= 0.3 is 0 Å². The van der Waals surface area contributed by atoms with Crippen LogP contribution in [0.15, 0.2) is 12.3 Å². The maximum absolute atomic E-state index is 12.7. The lowest BCUT2D eigenvalue weighted by atomic mass is 9.90. The third-order valence-electron chi connectivity index (χ3n) is 5.21. The summed E-state index contributed by atoms with van der Waals surface area (Å²) in [6.07, 6.45) is 5.07. The molecule has 3 rings (SSSR count). The van der Waals surface area contributed by atoms with Gasteiger partial charge in [-0.25, -0.2) is 9.97 Å². The molecule has 130 valence electrons. The largest absolute Gasteiger partial charge is 0.368 e. The summed E-state index contributed by atoms with van der Waals surface area (Å²) in [7, 11) is 0. The lowest BCUT2D eigenvalue weighted by Crippen LogP contribution is -2.46. The molecule has 0 spiro atoms. The van der Waals surface area contributed by atoms with Crippen LogP contribution in [0.2, 0.25) is 0 Å². The van der Waals surface area contributed by atoms with Gasteiger partial charge in [-0.3, -0.25) is 9.59 Å². The van der Waals surface area contributed by atoms with E-state index in [2.05, 4.69) is 9.97 Å². The Morgan fingerprint density at radius 3 is 2.29 bits per heavy atom. The average Bonchev–Trinajstić information content (AvgIpc) is 2.61. The Hall–Kier alpha value is -2.18. The highest BCUT2D eigenvalue weighted by atomic mass is 16.2. The molecule has 3 heterocycles. The highest BCUT2D eigenvalue weighted by Crippen LogP contribution is 2.29. The maximum atomic E-state index is 12.7. The number of carbonyl (C=O) groups is 2. The third kappa shape index (κ3) is 3.66. The number of nitrogens with zero attached hydrogens (tertiary/aromatic N) is 4. The van der Waals surface area contributed by atoms with Crippen molar-refractivity contribution in [1.29, 1.82) is 0 Å². The molecule has 2 aliphatic rings. The fraction of sp³-hybridized carbons (Fsp3) is 0.647. The van der Waals surface area contributed by atoms with Crippen LogP contribution in [0.5, 0.6) is 0 Å². The molecule has 0 bridgehead atoms. The maximum Gasteiger partial charge on any atom is 0.225 e. The van der Waals surface area contributed by atoms with Crippen LogP contribution in [0.25, 0.3) is 0 Å². The molecule has 2 N–H and O–H groups in total. The number of nitrogen functional groups attached to an aromatic ring is 1. The molecule has 0 atom stereocenters. The van der Waals surface area contributed by atoms with E-state index in [0.717, 1.165) is 44.5 Å². The van der Waals surface area contributed by atoms with Crippen molar-refractivity contribution >= 4 is 17.8 Å². The van der Waals surface area contributed by atoms with E-state index >= 15 is 0 Å². The predicted octanol–water partition coefficient (Wildman–Crippen LogP) is 1.02. The first-order valence-corrected chi connectivity index (χ1v) is 8.67. The summed E-state index contributed by atoms with van der Waals surface area (Å²) in [5, 5.41) is 0. The molecule has 7 heteroatoms. The quantitative estimate of drug-likeness (QED) is 0.873. The van der Waals surface area contributed by atoms with E-state index in [4.69, 9.17) is 5.73 Å². The average molecular weight is 331 g/mol. The number of hydrogen-bond donors (Lipinski definition) is 1. The van der Waals surface area contributed by atoms with Crippen molar-refractivity contribution in [2.24, 2.45) is 5.92 Å². The summed E-state index contributed by atoms with van der Waals surface area (Å²) in [5.41, 5.74) is 6.63. The summed E-state index contributed by atoms with van der Waals surface area (Å²) in [4.78, 5) is 36.1. The van der Waals surface area contributed by atoms with Crippen molar-refractivity contribution in [1.82, 2.24) is 19.8 Å². The van der Waals surface area contributed by atoms with Gasteiger partial charge < -0.3 is 15.5 Å². The SMILES string of the molecule is CC(=O)N1CCC(C(=O)N2CCC(c3ccnc(N)n3)CC2)CC1. The van der Waals surface area contributed by atoms with Gasteiger partial charge in [-0.15, -0.1) is 0 Å². The minimum absolute atomic E-state index is 0.0619. The molecule has 2 amide bonds. The van der Waals surface area contributed by atoms with Gasteiger partial charge in [-0.2, -0.15) is 0 Å². The zero-order valence-corrected chi connectivity index (χ0v) is 14.1. The zero-order chi connectivity index (χ0) is 17.1. The number of piperidine rings is 2. The Kier molecular flexibility index (Phi) is 4.97. The van der Waals surface area contributed by atoms with Crippen molar-refractivity contribution in [3.63, 3.8) is 0 Å². The minimum Gasteiger partial charge on any atom is -0.368 e. The lowest BCUT2D eigenvalue weighted by molar-refractivity contribution is -0.140. The van der Waals surface area contributed by atoms with E-state index in [1.807, 2.05) is 15.9 Å². The fourth-order valence-electron chi connectivity index (χ4n) is 3.71. The normalized spacial score (nSPS) is 20.2. The molecule has 2 saturated heterocycles. The summed E-state index contributed by atoms with van der Waals surface area (Å²) in [5.74, 6) is 1.07. The van der Waals surface area contributed by atoms with Crippen LogP contribution in [0, 0.1) is 5.92 Å². The molecule has 24 heavy (non-hydrogen) atoms. The summed E-state index contributed by atoms with van der Waals surface area (Å²) < 4.78 is 0. The van der Waals surface area contributed by atoms with Gasteiger partial charge in [0.05, 0.1) is 0 Å². The first kappa shape index (κ1) is 16.7. The molecule has 0 aliphatic carbocycles. The molecule has 0 saturated carbocycles. The van der Waals surface area contributed by atoms with Gasteiger partial charge in [0.15, 0.2) is 0 Å². The Bertz CT molecular complexity index is 605. The Balaban J connectivity index is 1.51.